The van der Waals surface area contributed by atoms with Gasteiger partial charge in [0.15, 0.2) is 0 Å². The number of carbonyl (C=O) groups is 1. The number of hydrogen-bond acceptors (Lipinski definition) is 1. The number of ketones is 1. The van der Waals surface area contributed by atoms with Gasteiger partial charge in [-0.2, -0.15) is 0 Å². The van der Waals surface area contributed by atoms with Crippen molar-refractivity contribution in [1.82, 2.24) is 0 Å². The maximum absolute atomic E-state index is 10.7. The van der Waals surface area contributed by atoms with E-state index in [1.54, 1.807) is 6.92 Å². The molecule has 0 radical (unpaired) electrons. The van der Waals surface area contributed by atoms with Crippen molar-refractivity contribution >= 4 is 5.78 Å². The van der Waals surface area contributed by atoms with Crippen LogP contribution in [0.2, 0.25) is 0 Å². The fourth-order valence-corrected chi connectivity index (χ4v) is 2.06. The molecule has 0 atom stereocenters. The normalized spacial score (nSPS) is 10.9. The Labute approximate surface area is 89.3 Å². The van der Waals surface area contributed by atoms with Crippen LogP contribution >= 0.6 is 0 Å². The van der Waals surface area contributed by atoms with Crippen LogP contribution in [0.25, 0.3) is 0 Å². The Morgan fingerprint density at radius 3 is 2.00 bits per heavy atom. The summed E-state index contributed by atoms with van der Waals surface area (Å²) in [5, 5.41) is 0. The summed E-state index contributed by atoms with van der Waals surface area (Å²) in [7, 11) is 0. The van der Waals surface area contributed by atoms with Gasteiger partial charge < -0.3 is 4.79 Å². The molecule has 0 saturated heterocycles. The van der Waals surface area contributed by atoms with Crippen LogP contribution in [0.5, 0.6) is 0 Å². The minimum atomic E-state index is 0.340. The number of hydrogen-bond donors (Lipinski definition) is 0. The van der Waals surface area contributed by atoms with Crippen molar-refractivity contribution < 1.29 is 4.79 Å². The molecule has 0 spiro atoms. The highest BCUT2D eigenvalue weighted by atomic mass is 16.1. The minimum Gasteiger partial charge on any atom is -0.300 e. The molecule has 0 bridgehead atoms. The largest absolute Gasteiger partial charge is 0.300 e. The van der Waals surface area contributed by atoms with E-state index < -0.39 is 0 Å². The summed E-state index contributed by atoms with van der Waals surface area (Å²) in [6.45, 7) is 6.21. The van der Waals surface area contributed by atoms with Gasteiger partial charge in [0.1, 0.15) is 5.78 Å². The molecule has 0 aliphatic heterocycles. The Morgan fingerprint density at radius 2 is 1.57 bits per heavy atom. The first-order valence-electron chi connectivity index (χ1n) is 6.20. The lowest BCUT2D eigenvalue weighted by atomic mass is 9.92. The van der Waals surface area contributed by atoms with E-state index in [0.717, 1.165) is 18.8 Å². The molecule has 0 amide bonds. The zero-order valence-electron chi connectivity index (χ0n) is 10.1. The Balaban J connectivity index is 3.44. The van der Waals surface area contributed by atoms with Crippen LogP contribution < -0.4 is 0 Å². The second-order valence-corrected chi connectivity index (χ2v) is 4.39. The van der Waals surface area contributed by atoms with E-state index in [4.69, 9.17) is 0 Å². The van der Waals surface area contributed by atoms with Gasteiger partial charge in [0, 0.05) is 6.42 Å². The maximum Gasteiger partial charge on any atom is 0.129 e. The molecule has 0 aromatic rings. The Bertz CT molecular complexity index is 134. The molecule has 0 aromatic heterocycles. The van der Waals surface area contributed by atoms with Crippen molar-refractivity contribution in [1.29, 1.82) is 0 Å². The molecule has 1 nitrogen and oxygen atoms in total. The van der Waals surface area contributed by atoms with Gasteiger partial charge in [-0.15, -0.1) is 0 Å². The molecule has 0 aromatic carbocycles. The van der Waals surface area contributed by atoms with Crippen molar-refractivity contribution in [2.24, 2.45) is 5.92 Å². The van der Waals surface area contributed by atoms with E-state index in [9.17, 15) is 4.79 Å². The molecule has 0 heterocycles. The fourth-order valence-electron chi connectivity index (χ4n) is 2.06. The molecule has 0 rings (SSSR count). The van der Waals surface area contributed by atoms with Gasteiger partial charge in [-0.05, 0) is 19.3 Å². The highest BCUT2D eigenvalue weighted by molar-refractivity contribution is 5.75. The zero-order valence-corrected chi connectivity index (χ0v) is 10.1. The van der Waals surface area contributed by atoms with Gasteiger partial charge in [0.05, 0.1) is 0 Å². The van der Waals surface area contributed by atoms with Gasteiger partial charge in [-0.25, -0.2) is 0 Å². The van der Waals surface area contributed by atoms with Gasteiger partial charge in [0.25, 0.3) is 0 Å². The van der Waals surface area contributed by atoms with Gasteiger partial charge >= 0.3 is 0 Å². The molecule has 0 fully saturated rings. The number of rotatable bonds is 9. The van der Waals surface area contributed by atoms with Crippen LogP contribution in [0.4, 0.5) is 0 Å². The van der Waals surface area contributed by atoms with Gasteiger partial charge in [0.2, 0.25) is 0 Å². The monoisotopic (exact) mass is 198 g/mol. The number of unbranched alkanes of at least 4 members (excludes halogenated alkanes) is 1. The third-order valence-corrected chi connectivity index (χ3v) is 2.79. The fraction of sp³-hybridized carbons (Fsp3) is 0.923. The summed E-state index contributed by atoms with van der Waals surface area (Å²) in [6, 6.07) is 0. The lowest BCUT2D eigenvalue weighted by Crippen LogP contribution is -2.00. The molecule has 0 saturated carbocycles. The van der Waals surface area contributed by atoms with Crippen LogP contribution in [0, 0.1) is 5.92 Å². The summed E-state index contributed by atoms with van der Waals surface area (Å²) in [5.74, 6) is 1.25. The molecular formula is C13H26O. The van der Waals surface area contributed by atoms with Crippen LogP contribution in [0.1, 0.15) is 72.1 Å². The van der Waals surface area contributed by atoms with E-state index >= 15 is 0 Å². The van der Waals surface area contributed by atoms with E-state index in [2.05, 4.69) is 13.8 Å². The highest BCUT2D eigenvalue weighted by Gasteiger charge is 2.06. The average molecular weight is 198 g/mol. The quantitative estimate of drug-likeness (QED) is 0.503. The molecule has 0 aliphatic rings. The lowest BCUT2D eigenvalue weighted by molar-refractivity contribution is -0.117. The third kappa shape index (κ3) is 8.28. The summed E-state index contributed by atoms with van der Waals surface area (Å²) in [5.41, 5.74) is 0. The highest BCUT2D eigenvalue weighted by Crippen LogP contribution is 2.20. The Morgan fingerprint density at radius 1 is 1.00 bits per heavy atom. The first kappa shape index (κ1) is 13.7. The SMILES string of the molecule is CCCC(CCC)CCCCC(C)=O. The van der Waals surface area contributed by atoms with E-state index in [1.807, 2.05) is 0 Å². The lowest BCUT2D eigenvalue weighted by Gasteiger charge is -2.14. The Hall–Kier alpha value is -0.330. The summed E-state index contributed by atoms with van der Waals surface area (Å²) < 4.78 is 0. The van der Waals surface area contributed by atoms with E-state index in [0.29, 0.717) is 5.78 Å². The second kappa shape index (κ2) is 9.23. The molecule has 0 aliphatic carbocycles. The minimum absolute atomic E-state index is 0.340. The average Bonchev–Trinajstić information content (AvgIpc) is 2.12. The molecule has 1 heteroatoms. The Kier molecular flexibility index (Phi) is 9.02. The van der Waals surface area contributed by atoms with Gasteiger partial charge in [-0.1, -0.05) is 52.4 Å². The van der Waals surface area contributed by atoms with Crippen molar-refractivity contribution in [2.75, 3.05) is 0 Å². The number of carbonyl (C=O) groups excluding carboxylic acids is 1. The standard InChI is InChI=1S/C13H26O/c1-4-8-13(9-5-2)11-7-6-10-12(3)14/h13H,4-11H2,1-3H3. The van der Waals surface area contributed by atoms with Crippen molar-refractivity contribution in [2.45, 2.75) is 72.1 Å². The van der Waals surface area contributed by atoms with Crippen molar-refractivity contribution in [3.63, 3.8) is 0 Å². The maximum atomic E-state index is 10.7. The smallest absolute Gasteiger partial charge is 0.129 e. The van der Waals surface area contributed by atoms with E-state index in [-0.39, 0.29) is 0 Å². The number of Topliss-reactive ketones (excluding diaryl/α,β-unsaturated/α-hetero) is 1. The van der Waals surface area contributed by atoms with E-state index in [1.165, 1.54) is 38.5 Å². The zero-order chi connectivity index (χ0) is 10.8. The van der Waals surface area contributed by atoms with Gasteiger partial charge in [-0.3, -0.25) is 0 Å². The third-order valence-electron chi connectivity index (χ3n) is 2.79. The molecule has 0 N–H and O–H groups in total. The van der Waals surface area contributed by atoms with Crippen molar-refractivity contribution in [3.05, 3.63) is 0 Å². The predicted octanol–water partition coefficient (Wildman–Crippen LogP) is 4.35. The van der Waals surface area contributed by atoms with Crippen LogP contribution in [0.15, 0.2) is 0 Å². The van der Waals surface area contributed by atoms with Crippen LogP contribution in [-0.4, -0.2) is 5.78 Å². The predicted molar refractivity (Wildman–Crippen MR) is 62.5 cm³/mol. The first-order valence-corrected chi connectivity index (χ1v) is 6.20. The molecule has 14 heavy (non-hydrogen) atoms. The molecule has 0 unspecified atom stereocenters. The summed E-state index contributed by atoms with van der Waals surface area (Å²) in [6.07, 6.45) is 9.79. The molecule has 84 valence electrons. The second-order valence-electron chi connectivity index (χ2n) is 4.39. The van der Waals surface area contributed by atoms with Crippen molar-refractivity contribution in [3.8, 4) is 0 Å². The summed E-state index contributed by atoms with van der Waals surface area (Å²) in [4.78, 5) is 10.7. The first-order chi connectivity index (χ1) is 6.70. The van der Waals surface area contributed by atoms with Crippen LogP contribution in [0.3, 0.4) is 0 Å². The summed E-state index contributed by atoms with van der Waals surface area (Å²) >= 11 is 0. The molecular weight excluding hydrogens is 172 g/mol. The topological polar surface area (TPSA) is 17.1 Å². The van der Waals surface area contributed by atoms with Crippen LogP contribution in [-0.2, 0) is 4.79 Å².